The van der Waals surface area contributed by atoms with Crippen molar-refractivity contribution in [2.24, 2.45) is 5.92 Å². The van der Waals surface area contributed by atoms with Crippen molar-refractivity contribution in [2.45, 2.75) is 6.42 Å². The van der Waals surface area contributed by atoms with E-state index in [4.69, 9.17) is 0 Å². The first-order chi connectivity index (χ1) is 11.7. The summed E-state index contributed by atoms with van der Waals surface area (Å²) in [6.07, 6.45) is 3.39. The predicted octanol–water partition coefficient (Wildman–Crippen LogP) is 1.85. The molecule has 8 nitrogen and oxygen atoms in total. The van der Waals surface area contributed by atoms with Gasteiger partial charge in [0, 0.05) is 25.2 Å². The van der Waals surface area contributed by atoms with E-state index in [0.29, 0.717) is 18.1 Å². The zero-order chi connectivity index (χ0) is 16.5. The third-order valence-electron chi connectivity index (χ3n) is 3.91. The van der Waals surface area contributed by atoms with E-state index < -0.39 is 5.92 Å². The van der Waals surface area contributed by atoms with Gasteiger partial charge in [-0.2, -0.15) is 10.2 Å². The van der Waals surface area contributed by atoms with Gasteiger partial charge in [0.15, 0.2) is 5.82 Å². The van der Waals surface area contributed by atoms with Crippen molar-refractivity contribution in [1.29, 1.82) is 0 Å². The fourth-order valence-electron chi connectivity index (χ4n) is 2.70. The Balaban J connectivity index is 1.43. The number of hydrogen-bond acceptors (Lipinski definition) is 5. The van der Waals surface area contributed by atoms with Crippen LogP contribution in [0, 0.1) is 5.92 Å². The summed E-state index contributed by atoms with van der Waals surface area (Å²) in [4.78, 5) is 27.1. The maximum absolute atomic E-state index is 12.4. The number of nitrogens with zero attached hydrogens (tertiary/aromatic N) is 3. The standard InChI is InChI=1S/C15H14N6O2S/c22-14-4-9(8-21(14)10-6-16-17-7-10)15(23)18-13-5-11(19-20-13)12-2-1-3-24-12/h1-3,5-7,9H,4,8H2,(H,16,17)(H2,18,19,20,23). The summed E-state index contributed by atoms with van der Waals surface area (Å²) in [5.74, 6) is -0.247. The van der Waals surface area contributed by atoms with Gasteiger partial charge in [-0.25, -0.2) is 0 Å². The highest BCUT2D eigenvalue weighted by Crippen LogP contribution is 2.27. The predicted molar refractivity (Wildman–Crippen MR) is 89.6 cm³/mol. The Morgan fingerprint density at radius 2 is 2.38 bits per heavy atom. The third kappa shape index (κ3) is 2.69. The van der Waals surface area contributed by atoms with Gasteiger partial charge in [-0.05, 0) is 11.4 Å². The van der Waals surface area contributed by atoms with Gasteiger partial charge in [-0.15, -0.1) is 11.3 Å². The van der Waals surface area contributed by atoms with Crippen LogP contribution in [0.4, 0.5) is 11.5 Å². The van der Waals surface area contributed by atoms with E-state index in [-0.39, 0.29) is 18.2 Å². The molecule has 4 heterocycles. The molecule has 0 aliphatic carbocycles. The lowest BCUT2D eigenvalue weighted by atomic mass is 10.1. The molecule has 0 aromatic carbocycles. The van der Waals surface area contributed by atoms with Crippen molar-refractivity contribution in [3.05, 3.63) is 36.0 Å². The smallest absolute Gasteiger partial charge is 0.231 e. The molecule has 0 bridgehead atoms. The largest absolute Gasteiger partial charge is 0.309 e. The second-order valence-corrected chi connectivity index (χ2v) is 6.44. The molecular weight excluding hydrogens is 328 g/mol. The van der Waals surface area contributed by atoms with E-state index in [1.807, 2.05) is 17.5 Å². The van der Waals surface area contributed by atoms with Crippen LogP contribution in [0.3, 0.4) is 0 Å². The van der Waals surface area contributed by atoms with Crippen molar-refractivity contribution < 1.29 is 9.59 Å². The number of aromatic amines is 2. The van der Waals surface area contributed by atoms with Crippen molar-refractivity contribution >= 4 is 34.7 Å². The Morgan fingerprint density at radius 1 is 1.46 bits per heavy atom. The highest BCUT2D eigenvalue weighted by atomic mass is 32.1. The van der Waals surface area contributed by atoms with Crippen LogP contribution >= 0.6 is 11.3 Å². The van der Waals surface area contributed by atoms with Crippen LogP contribution in [0.2, 0.25) is 0 Å². The molecule has 0 radical (unpaired) electrons. The van der Waals surface area contributed by atoms with E-state index in [0.717, 1.165) is 10.6 Å². The van der Waals surface area contributed by atoms with Gasteiger partial charge in [0.1, 0.15) is 0 Å². The zero-order valence-corrected chi connectivity index (χ0v) is 13.3. The summed E-state index contributed by atoms with van der Waals surface area (Å²) in [5, 5.41) is 18.3. The maximum Gasteiger partial charge on any atom is 0.231 e. The number of rotatable bonds is 4. The minimum absolute atomic E-state index is 0.0853. The molecule has 3 aromatic heterocycles. The SMILES string of the molecule is O=C(Nc1cc(-c2cccs2)[nH]n1)C1CC(=O)N(c2cn[nH]c2)C1. The number of aromatic nitrogens is 4. The number of amides is 2. The van der Waals surface area contributed by atoms with Crippen LogP contribution < -0.4 is 10.2 Å². The number of hydrogen-bond donors (Lipinski definition) is 3. The molecule has 122 valence electrons. The third-order valence-corrected chi connectivity index (χ3v) is 4.81. The molecule has 1 unspecified atom stereocenters. The molecule has 1 aliphatic heterocycles. The quantitative estimate of drug-likeness (QED) is 0.672. The summed E-state index contributed by atoms with van der Waals surface area (Å²) >= 11 is 1.59. The lowest BCUT2D eigenvalue weighted by Gasteiger charge is -2.13. The van der Waals surface area contributed by atoms with E-state index in [1.165, 1.54) is 0 Å². The fourth-order valence-corrected chi connectivity index (χ4v) is 3.39. The Hall–Kier alpha value is -2.94. The number of anilines is 2. The lowest BCUT2D eigenvalue weighted by Crippen LogP contribution is -2.27. The van der Waals surface area contributed by atoms with Gasteiger partial charge in [-0.1, -0.05) is 6.07 Å². The summed E-state index contributed by atoms with van der Waals surface area (Å²) in [6, 6.07) is 5.71. The number of carbonyl (C=O) groups excluding carboxylic acids is 2. The summed E-state index contributed by atoms with van der Waals surface area (Å²) in [5.41, 5.74) is 1.53. The molecule has 1 fully saturated rings. The molecule has 2 amide bonds. The Kier molecular flexibility index (Phi) is 3.62. The highest BCUT2D eigenvalue weighted by molar-refractivity contribution is 7.13. The first-order valence-electron chi connectivity index (χ1n) is 7.40. The molecule has 3 N–H and O–H groups in total. The van der Waals surface area contributed by atoms with E-state index in [1.54, 1.807) is 34.7 Å². The van der Waals surface area contributed by atoms with Crippen LogP contribution in [0.25, 0.3) is 10.6 Å². The van der Waals surface area contributed by atoms with Crippen LogP contribution in [-0.4, -0.2) is 38.8 Å². The molecular formula is C15H14N6O2S. The number of thiophene rings is 1. The van der Waals surface area contributed by atoms with E-state index >= 15 is 0 Å². The summed E-state index contributed by atoms with van der Waals surface area (Å²) in [7, 11) is 0. The van der Waals surface area contributed by atoms with E-state index in [9.17, 15) is 9.59 Å². The first kappa shape index (κ1) is 14.6. The first-order valence-corrected chi connectivity index (χ1v) is 8.28. The topological polar surface area (TPSA) is 107 Å². The minimum Gasteiger partial charge on any atom is -0.309 e. The zero-order valence-electron chi connectivity index (χ0n) is 12.5. The van der Waals surface area contributed by atoms with Crippen molar-refractivity contribution in [3.63, 3.8) is 0 Å². The van der Waals surface area contributed by atoms with E-state index in [2.05, 4.69) is 25.7 Å². The average molecular weight is 342 g/mol. The van der Waals surface area contributed by atoms with Gasteiger partial charge in [0.05, 0.1) is 28.4 Å². The second kappa shape index (κ2) is 5.93. The summed E-state index contributed by atoms with van der Waals surface area (Å²) in [6.45, 7) is 0.340. The molecule has 24 heavy (non-hydrogen) atoms. The number of nitrogens with one attached hydrogen (secondary N) is 3. The second-order valence-electron chi connectivity index (χ2n) is 5.50. The Bertz CT molecular complexity index is 855. The van der Waals surface area contributed by atoms with Crippen LogP contribution in [-0.2, 0) is 9.59 Å². The fraction of sp³-hybridized carbons (Fsp3) is 0.200. The molecule has 9 heteroatoms. The lowest BCUT2D eigenvalue weighted by molar-refractivity contribution is -0.122. The van der Waals surface area contributed by atoms with Gasteiger partial charge in [-0.3, -0.25) is 19.8 Å². The monoisotopic (exact) mass is 342 g/mol. The molecule has 0 spiro atoms. The highest BCUT2D eigenvalue weighted by Gasteiger charge is 2.35. The van der Waals surface area contributed by atoms with Crippen molar-refractivity contribution in [1.82, 2.24) is 20.4 Å². The maximum atomic E-state index is 12.4. The van der Waals surface area contributed by atoms with Gasteiger partial charge in [0.2, 0.25) is 11.8 Å². The molecule has 4 rings (SSSR count). The summed E-state index contributed by atoms with van der Waals surface area (Å²) < 4.78 is 0. The average Bonchev–Trinajstić information content (AvgIpc) is 3.34. The normalized spacial score (nSPS) is 17.4. The number of carbonyl (C=O) groups is 2. The minimum atomic E-state index is -0.408. The van der Waals surface area contributed by atoms with Gasteiger partial charge < -0.3 is 10.2 Å². The van der Waals surface area contributed by atoms with Crippen molar-refractivity contribution in [3.8, 4) is 10.6 Å². The van der Waals surface area contributed by atoms with Crippen molar-refractivity contribution in [2.75, 3.05) is 16.8 Å². The molecule has 1 atom stereocenters. The molecule has 3 aromatic rings. The van der Waals surface area contributed by atoms with Crippen LogP contribution in [0.1, 0.15) is 6.42 Å². The Labute approximate surface area is 140 Å². The molecule has 1 saturated heterocycles. The Morgan fingerprint density at radius 3 is 3.12 bits per heavy atom. The molecule has 0 saturated carbocycles. The van der Waals surface area contributed by atoms with Crippen LogP contribution in [0.5, 0.6) is 0 Å². The van der Waals surface area contributed by atoms with Crippen LogP contribution in [0.15, 0.2) is 36.0 Å². The van der Waals surface area contributed by atoms with Gasteiger partial charge >= 0.3 is 0 Å². The molecule has 1 aliphatic rings. The number of H-pyrrole nitrogens is 2. The van der Waals surface area contributed by atoms with Gasteiger partial charge in [0.25, 0.3) is 0 Å².